The summed E-state index contributed by atoms with van der Waals surface area (Å²) < 4.78 is 0. The van der Waals surface area contributed by atoms with Crippen LogP contribution in [-0.4, -0.2) is 51.3 Å². The largest absolute Gasteiger partial charge is 0.390 e. The van der Waals surface area contributed by atoms with E-state index in [1.165, 1.54) is 6.20 Å². The van der Waals surface area contributed by atoms with E-state index < -0.39 is 5.60 Å². The van der Waals surface area contributed by atoms with Crippen molar-refractivity contribution in [2.75, 3.05) is 19.7 Å². The van der Waals surface area contributed by atoms with Gasteiger partial charge in [0.15, 0.2) is 0 Å². The molecule has 0 bridgehead atoms. The number of rotatable bonds is 1. The molecule has 1 aliphatic heterocycles. The molecule has 5 heteroatoms. The Labute approximate surface area is 118 Å². The second kappa shape index (κ2) is 6.04. The fraction of sp³-hybridized carbons (Fsp3) is 0.467. The number of pyridine rings is 1. The third-order valence-electron chi connectivity index (χ3n) is 3.42. The standard InChI is InChI=1S/C15H18N2O3/c1-15(20)6-8-17(9-7-15)14(19)13-5-4-12(11-16-13)3-2-10-18/h4-5,11,18,20H,6-10H2,1H3. The maximum atomic E-state index is 12.2. The van der Waals surface area contributed by atoms with Crippen LogP contribution in [-0.2, 0) is 0 Å². The van der Waals surface area contributed by atoms with Gasteiger partial charge in [-0.05, 0) is 31.9 Å². The van der Waals surface area contributed by atoms with Gasteiger partial charge in [-0.3, -0.25) is 4.79 Å². The quantitative estimate of drug-likeness (QED) is 0.728. The number of aliphatic hydroxyl groups is 2. The molecule has 106 valence electrons. The molecule has 1 aromatic rings. The number of nitrogens with zero attached hydrogens (tertiary/aromatic N) is 2. The highest BCUT2D eigenvalue weighted by Crippen LogP contribution is 2.22. The molecule has 1 saturated heterocycles. The summed E-state index contributed by atoms with van der Waals surface area (Å²) in [6.45, 7) is 2.68. The van der Waals surface area contributed by atoms with E-state index in [0.29, 0.717) is 37.2 Å². The second-order valence-corrected chi connectivity index (χ2v) is 5.18. The number of carbonyl (C=O) groups is 1. The highest BCUT2D eigenvalue weighted by atomic mass is 16.3. The molecule has 1 fully saturated rings. The predicted molar refractivity (Wildman–Crippen MR) is 74.0 cm³/mol. The minimum Gasteiger partial charge on any atom is -0.390 e. The van der Waals surface area contributed by atoms with Crippen molar-refractivity contribution in [3.05, 3.63) is 29.6 Å². The molecule has 0 atom stereocenters. The fourth-order valence-corrected chi connectivity index (χ4v) is 2.09. The van der Waals surface area contributed by atoms with Crippen LogP contribution in [0.3, 0.4) is 0 Å². The van der Waals surface area contributed by atoms with Gasteiger partial charge in [-0.1, -0.05) is 11.8 Å². The molecule has 1 aromatic heterocycles. The number of carbonyl (C=O) groups excluding carboxylic acids is 1. The molecule has 0 unspecified atom stereocenters. The Bertz CT molecular complexity index is 530. The second-order valence-electron chi connectivity index (χ2n) is 5.18. The smallest absolute Gasteiger partial charge is 0.272 e. The lowest BCUT2D eigenvalue weighted by Gasteiger charge is -2.35. The molecule has 2 N–H and O–H groups in total. The van der Waals surface area contributed by atoms with Crippen molar-refractivity contribution >= 4 is 5.91 Å². The van der Waals surface area contributed by atoms with Crippen molar-refractivity contribution in [3.63, 3.8) is 0 Å². The summed E-state index contributed by atoms with van der Waals surface area (Å²) in [6, 6.07) is 3.35. The molecule has 1 amide bonds. The zero-order valence-electron chi connectivity index (χ0n) is 11.5. The molecule has 0 radical (unpaired) electrons. The van der Waals surface area contributed by atoms with Crippen molar-refractivity contribution in [2.45, 2.75) is 25.4 Å². The molecular weight excluding hydrogens is 256 g/mol. The fourth-order valence-electron chi connectivity index (χ4n) is 2.09. The molecule has 0 aliphatic carbocycles. The first-order chi connectivity index (χ1) is 9.52. The van der Waals surface area contributed by atoms with Crippen LogP contribution in [0.15, 0.2) is 18.3 Å². The summed E-state index contributed by atoms with van der Waals surface area (Å²) >= 11 is 0. The average molecular weight is 274 g/mol. The molecular formula is C15H18N2O3. The van der Waals surface area contributed by atoms with Crippen molar-refractivity contribution < 1.29 is 15.0 Å². The van der Waals surface area contributed by atoms with Gasteiger partial charge in [0.25, 0.3) is 5.91 Å². The zero-order chi connectivity index (χ0) is 14.6. The number of aliphatic hydroxyl groups excluding tert-OH is 1. The van der Waals surface area contributed by atoms with Gasteiger partial charge < -0.3 is 15.1 Å². The van der Waals surface area contributed by atoms with Gasteiger partial charge >= 0.3 is 0 Å². The Kier molecular flexibility index (Phi) is 4.38. The average Bonchev–Trinajstić information content (AvgIpc) is 2.45. The summed E-state index contributed by atoms with van der Waals surface area (Å²) in [5.41, 5.74) is 0.367. The van der Waals surface area contributed by atoms with E-state index in [1.807, 2.05) is 0 Å². The zero-order valence-corrected chi connectivity index (χ0v) is 11.5. The molecule has 2 rings (SSSR count). The molecule has 0 saturated carbocycles. The number of amides is 1. The first-order valence-corrected chi connectivity index (χ1v) is 6.59. The van der Waals surface area contributed by atoms with Crippen LogP contribution in [0.2, 0.25) is 0 Å². The van der Waals surface area contributed by atoms with E-state index >= 15 is 0 Å². The SMILES string of the molecule is CC1(O)CCN(C(=O)c2ccc(C#CCO)cn2)CC1. The van der Waals surface area contributed by atoms with Gasteiger partial charge in [0.1, 0.15) is 12.3 Å². The predicted octanol–water partition coefficient (Wildman–Crippen LogP) is 0.412. The Morgan fingerprint density at radius 2 is 2.15 bits per heavy atom. The molecule has 0 aromatic carbocycles. The van der Waals surface area contributed by atoms with Gasteiger partial charge in [-0.15, -0.1) is 0 Å². The van der Waals surface area contributed by atoms with Crippen molar-refractivity contribution in [1.29, 1.82) is 0 Å². The van der Waals surface area contributed by atoms with E-state index in [0.717, 1.165) is 0 Å². The maximum absolute atomic E-state index is 12.2. The molecule has 20 heavy (non-hydrogen) atoms. The van der Waals surface area contributed by atoms with Crippen LogP contribution < -0.4 is 0 Å². The van der Waals surface area contributed by atoms with E-state index in [2.05, 4.69) is 16.8 Å². The molecule has 5 nitrogen and oxygen atoms in total. The van der Waals surface area contributed by atoms with Crippen molar-refractivity contribution in [3.8, 4) is 11.8 Å². The minimum atomic E-state index is -0.673. The van der Waals surface area contributed by atoms with Gasteiger partial charge in [0.2, 0.25) is 0 Å². The highest BCUT2D eigenvalue weighted by molar-refractivity contribution is 5.92. The Hall–Kier alpha value is -1.90. The first-order valence-electron chi connectivity index (χ1n) is 6.59. The first kappa shape index (κ1) is 14.5. The summed E-state index contributed by atoms with van der Waals surface area (Å²) in [4.78, 5) is 18.1. The molecule has 2 heterocycles. The van der Waals surface area contributed by atoms with Crippen molar-refractivity contribution in [2.24, 2.45) is 0 Å². The van der Waals surface area contributed by atoms with Crippen LogP contribution in [0.4, 0.5) is 0 Å². The van der Waals surface area contributed by atoms with Gasteiger partial charge in [0.05, 0.1) is 5.60 Å². The lowest BCUT2D eigenvalue weighted by atomic mass is 9.94. The number of piperidine rings is 1. The third kappa shape index (κ3) is 3.56. The number of hydrogen-bond donors (Lipinski definition) is 2. The monoisotopic (exact) mass is 274 g/mol. The van der Waals surface area contributed by atoms with Crippen LogP contribution in [0.25, 0.3) is 0 Å². The molecule has 1 aliphatic rings. The van der Waals surface area contributed by atoms with E-state index in [-0.39, 0.29) is 12.5 Å². The summed E-state index contributed by atoms with van der Waals surface area (Å²) in [7, 11) is 0. The van der Waals surface area contributed by atoms with Gasteiger partial charge in [0, 0.05) is 24.8 Å². The van der Waals surface area contributed by atoms with Crippen LogP contribution in [0, 0.1) is 11.8 Å². The minimum absolute atomic E-state index is 0.123. The van der Waals surface area contributed by atoms with E-state index in [4.69, 9.17) is 5.11 Å². The third-order valence-corrected chi connectivity index (χ3v) is 3.42. The Morgan fingerprint density at radius 1 is 1.45 bits per heavy atom. The Morgan fingerprint density at radius 3 is 2.70 bits per heavy atom. The number of likely N-dealkylation sites (tertiary alicyclic amines) is 1. The number of aromatic nitrogens is 1. The summed E-state index contributed by atoms with van der Waals surface area (Å²) in [6.07, 6.45) is 2.69. The summed E-state index contributed by atoms with van der Waals surface area (Å²) in [5, 5.41) is 18.5. The number of hydrogen-bond acceptors (Lipinski definition) is 4. The molecule has 0 spiro atoms. The van der Waals surface area contributed by atoms with Crippen LogP contribution in [0.5, 0.6) is 0 Å². The van der Waals surface area contributed by atoms with Gasteiger partial charge in [-0.2, -0.15) is 0 Å². The maximum Gasteiger partial charge on any atom is 0.272 e. The van der Waals surface area contributed by atoms with Crippen LogP contribution >= 0.6 is 0 Å². The van der Waals surface area contributed by atoms with Crippen molar-refractivity contribution in [1.82, 2.24) is 9.88 Å². The highest BCUT2D eigenvalue weighted by Gasteiger charge is 2.30. The van der Waals surface area contributed by atoms with E-state index in [1.54, 1.807) is 24.0 Å². The topological polar surface area (TPSA) is 73.7 Å². The Balaban J connectivity index is 2.03. The van der Waals surface area contributed by atoms with E-state index in [9.17, 15) is 9.90 Å². The lowest BCUT2D eigenvalue weighted by molar-refractivity contribution is -0.00219. The lowest BCUT2D eigenvalue weighted by Crippen LogP contribution is -2.45. The normalized spacial score (nSPS) is 17.2. The summed E-state index contributed by atoms with van der Waals surface area (Å²) in [5.74, 6) is 5.14. The van der Waals surface area contributed by atoms with Crippen LogP contribution in [0.1, 0.15) is 35.8 Å². The van der Waals surface area contributed by atoms with Gasteiger partial charge in [-0.25, -0.2) is 4.98 Å².